The number of hydrogen-bond acceptors (Lipinski definition) is 5. The van der Waals surface area contributed by atoms with E-state index in [1.54, 1.807) is 31.2 Å². The molecule has 3 rings (SSSR count). The molecule has 1 aliphatic rings. The van der Waals surface area contributed by atoms with Gasteiger partial charge in [0.25, 0.3) is 0 Å². The number of para-hydroxylation sites is 1. The van der Waals surface area contributed by atoms with E-state index in [1.165, 1.54) is 37.3 Å². The first-order valence-corrected chi connectivity index (χ1v) is 10.2. The number of allylic oxidation sites excluding steroid dienone is 1. The quantitative estimate of drug-likeness (QED) is 0.452. The fourth-order valence-corrected chi connectivity index (χ4v) is 3.90. The van der Waals surface area contributed by atoms with Crippen molar-refractivity contribution in [2.75, 3.05) is 20.8 Å². The number of benzene rings is 2. The highest BCUT2D eigenvalue weighted by Crippen LogP contribution is 2.44. The molecule has 6 nitrogen and oxygen atoms in total. The monoisotopic (exact) mass is 439 g/mol. The Morgan fingerprint density at radius 3 is 2.53 bits per heavy atom. The number of hydrogen-bond donors (Lipinski definition) is 0. The lowest BCUT2D eigenvalue weighted by Crippen LogP contribution is -2.38. The van der Waals surface area contributed by atoms with Crippen LogP contribution in [0.3, 0.4) is 0 Å². The van der Waals surface area contributed by atoms with Crippen LogP contribution >= 0.6 is 0 Å². The zero-order valence-electron chi connectivity index (χ0n) is 18.4. The van der Waals surface area contributed by atoms with Gasteiger partial charge < -0.3 is 19.1 Å². The third kappa shape index (κ3) is 4.66. The maximum absolute atomic E-state index is 13.3. The standard InChI is InChI=1S/C25H26FNO5/c1-5-13-32-25(29)23-16(2)27(15-17-9-11-18(26)12-10-17)22(28)14-20(23)19-7-6-8-21(30-3)24(19)31-4/h5-12,20H,1,13-15H2,2-4H3. The van der Waals surface area contributed by atoms with Gasteiger partial charge in [-0.15, -0.1) is 0 Å². The molecule has 0 spiro atoms. The van der Waals surface area contributed by atoms with Crippen LogP contribution in [-0.2, 0) is 20.9 Å². The van der Waals surface area contributed by atoms with Crippen molar-refractivity contribution in [3.63, 3.8) is 0 Å². The minimum Gasteiger partial charge on any atom is -0.493 e. The molecule has 0 fully saturated rings. The highest BCUT2D eigenvalue weighted by atomic mass is 19.1. The molecule has 0 bridgehead atoms. The highest BCUT2D eigenvalue weighted by molar-refractivity contribution is 5.96. The number of nitrogens with zero attached hydrogens (tertiary/aromatic N) is 1. The zero-order chi connectivity index (χ0) is 23.3. The van der Waals surface area contributed by atoms with Crippen LogP contribution in [0.5, 0.6) is 11.5 Å². The van der Waals surface area contributed by atoms with Gasteiger partial charge in [0.15, 0.2) is 11.5 Å². The van der Waals surface area contributed by atoms with E-state index in [0.29, 0.717) is 28.3 Å². The van der Waals surface area contributed by atoms with Crippen LogP contribution in [0.2, 0.25) is 0 Å². The van der Waals surface area contributed by atoms with Gasteiger partial charge in [-0.1, -0.05) is 36.9 Å². The lowest BCUT2D eigenvalue weighted by Gasteiger charge is -2.35. The molecule has 1 unspecified atom stereocenters. The Morgan fingerprint density at radius 2 is 1.91 bits per heavy atom. The number of halogens is 1. The van der Waals surface area contributed by atoms with E-state index in [-0.39, 0.29) is 31.3 Å². The smallest absolute Gasteiger partial charge is 0.336 e. The van der Waals surface area contributed by atoms with Crippen molar-refractivity contribution in [2.24, 2.45) is 0 Å². The molecule has 1 heterocycles. The maximum atomic E-state index is 13.3. The van der Waals surface area contributed by atoms with Crippen molar-refractivity contribution in [3.05, 3.63) is 83.3 Å². The summed E-state index contributed by atoms with van der Waals surface area (Å²) in [5, 5.41) is 0. The SMILES string of the molecule is C=CCOC(=O)C1=C(C)N(Cc2ccc(F)cc2)C(=O)CC1c1cccc(OC)c1OC. The van der Waals surface area contributed by atoms with Gasteiger partial charge in [0.2, 0.25) is 5.91 Å². The molecule has 1 atom stereocenters. The van der Waals surface area contributed by atoms with Gasteiger partial charge in [0.1, 0.15) is 12.4 Å². The summed E-state index contributed by atoms with van der Waals surface area (Å²) in [7, 11) is 3.04. The van der Waals surface area contributed by atoms with E-state index < -0.39 is 11.9 Å². The summed E-state index contributed by atoms with van der Waals surface area (Å²) >= 11 is 0. The van der Waals surface area contributed by atoms with Crippen molar-refractivity contribution < 1.29 is 28.2 Å². The molecule has 0 radical (unpaired) electrons. The lowest BCUT2D eigenvalue weighted by molar-refractivity contribution is -0.139. The lowest BCUT2D eigenvalue weighted by atomic mass is 9.83. The van der Waals surface area contributed by atoms with Gasteiger partial charge in [-0.2, -0.15) is 0 Å². The molecule has 0 N–H and O–H groups in total. The molecule has 0 aliphatic carbocycles. The molecule has 1 amide bonds. The summed E-state index contributed by atoms with van der Waals surface area (Å²) in [5.74, 6) is -0.667. The number of methoxy groups -OCH3 is 2. The second-order valence-electron chi connectivity index (χ2n) is 7.33. The summed E-state index contributed by atoms with van der Waals surface area (Å²) in [5.41, 5.74) is 2.25. The number of esters is 1. The molecule has 1 aliphatic heterocycles. The molecule has 2 aromatic rings. The third-order valence-corrected chi connectivity index (χ3v) is 5.44. The second kappa shape index (κ2) is 10.1. The summed E-state index contributed by atoms with van der Waals surface area (Å²) in [6, 6.07) is 11.3. The molecule has 0 aromatic heterocycles. The molecular weight excluding hydrogens is 413 g/mol. The van der Waals surface area contributed by atoms with E-state index in [9.17, 15) is 14.0 Å². The minimum absolute atomic E-state index is 0.0422. The maximum Gasteiger partial charge on any atom is 0.336 e. The number of carbonyl (C=O) groups is 2. The fraction of sp³-hybridized carbons (Fsp3) is 0.280. The molecule has 0 saturated carbocycles. The predicted molar refractivity (Wildman–Crippen MR) is 118 cm³/mol. The first-order chi connectivity index (χ1) is 15.4. The number of amides is 1. The van der Waals surface area contributed by atoms with Crippen LogP contribution in [0.25, 0.3) is 0 Å². The van der Waals surface area contributed by atoms with E-state index in [2.05, 4.69) is 6.58 Å². The summed E-state index contributed by atoms with van der Waals surface area (Å²) in [4.78, 5) is 27.8. The molecule has 2 aromatic carbocycles. The summed E-state index contributed by atoms with van der Waals surface area (Å²) in [6.07, 6.45) is 1.53. The van der Waals surface area contributed by atoms with E-state index in [4.69, 9.17) is 14.2 Å². The van der Waals surface area contributed by atoms with Crippen LogP contribution in [0, 0.1) is 5.82 Å². The zero-order valence-corrected chi connectivity index (χ0v) is 18.4. The Hall–Kier alpha value is -3.61. The Kier molecular flexibility index (Phi) is 7.30. The predicted octanol–water partition coefficient (Wildman–Crippen LogP) is 4.36. The van der Waals surface area contributed by atoms with Crippen LogP contribution in [0.4, 0.5) is 4.39 Å². The topological polar surface area (TPSA) is 65.1 Å². The van der Waals surface area contributed by atoms with E-state index in [1.807, 2.05) is 6.07 Å². The van der Waals surface area contributed by atoms with Crippen molar-refractivity contribution in [2.45, 2.75) is 25.8 Å². The Balaban J connectivity index is 2.09. The van der Waals surface area contributed by atoms with Crippen molar-refractivity contribution in [1.29, 1.82) is 0 Å². The largest absolute Gasteiger partial charge is 0.493 e. The van der Waals surface area contributed by atoms with Crippen LogP contribution in [0.1, 0.15) is 30.4 Å². The normalized spacial score (nSPS) is 16.1. The van der Waals surface area contributed by atoms with Crippen molar-refractivity contribution >= 4 is 11.9 Å². The molecule has 7 heteroatoms. The first kappa shape index (κ1) is 23.1. The third-order valence-electron chi connectivity index (χ3n) is 5.44. The number of carbonyl (C=O) groups excluding carboxylic acids is 2. The van der Waals surface area contributed by atoms with Crippen molar-refractivity contribution in [1.82, 2.24) is 4.90 Å². The number of rotatable bonds is 8. The fourth-order valence-electron chi connectivity index (χ4n) is 3.90. The molecular formula is C25H26FNO5. The Labute approximate surface area is 186 Å². The summed E-state index contributed by atoms with van der Waals surface area (Å²) < 4.78 is 29.6. The van der Waals surface area contributed by atoms with Crippen LogP contribution in [0.15, 0.2) is 66.4 Å². The second-order valence-corrected chi connectivity index (χ2v) is 7.33. The van der Waals surface area contributed by atoms with Gasteiger partial charge in [0.05, 0.1) is 26.3 Å². The van der Waals surface area contributed by atoms with Gasteiger partial charge in [-0.3, -0.25) is 4.79 Å². The van der Waals surface area contributed by atoms with E-state index >= 15 is 0 Å². The van der Waals surface area contributed by atoms with Crippen molar-refractivity contribution in [3.8, 4) is 11.5 Å². The average Bonchev–Trinajstić information content (AvgIpc) is 2.80. The number of ether oxygens (including phenoxy) is 3. The van der Waals surface area contributed by atoms with Crippen LogP contribution in [-0.4, -0.2) is 37.6 Å². The Morgan fingerprint density at radius 1 is 1.19 bits per heavy atom. The van der Waals surface area contributed by atoms with Gasteiger partial charge in [0, 0.05) is 23.6 Å². The molecule has 32 heavy (non-hydrogen) atoms. The van der Waals surface area contributed by atoms with Gasteiger partial charge in [-0.05, 0) is 30.7 Å². The van der Waals surface area contributed by atoms with Crippen LogP contribution < -0.4 is 9.47 Å². The Bertz CT molecular complexity index is 1040. The van der Waals surface area contributed by atoms with E-state index in [0.717, 1.165) is 5.56 Å². The summed E-state index contributed by atoms with van der Waals surface area (Å²) in [6.45, 7) is 5.56. The molecule has 168 valence electrons. The molecule has 0 saturated heterocycles. The first-order valence-electron chi connectivity index (χ1n) is 10.2. The average molecular weight is 439 g/mol. The van der Waals surface area contributed by atoms with Gasteiger partial charge in [-0.25, -0.2) is 9.18 Å². The minimum atomic E-state index is -0.575. The van der Waals surface area contributed by atoms with Gasteiger partial charge >= 0.3 is 5.97 Å². The highest BCUT2D eigenvalue weighted by Gasteiger charge is 2.38.